The molecule has 1 heterocycles. The average molecular weight is 278 g/mol. The van der Waals surface area contributed by atoms with Crippen LogP contribution >= 0.6 is 12.4 Å². The number of carbonyl (C=O) groups is 2. The van der Waals surface area contributed by atoms with E-state index >= 15 is 0 Å². The molecule has 2 unspecified atom stereocenters. The molecule has 0 spiro atoms. The fourth-order valence-corrected chi connectivity index (χ4v) is 1.99. The largest absolute Gasteiger partial charge is 0.316 e. The van der Waals surface area contributed by atoms with E-state index in [1.807, 2.05) is 13.8 Å². The highest BCUT2D eigenvalue weighted by Crippen LogP contribution is 2.09. The van der Waals surface area contributed by atoms with Gasteiger partial charge in [0.25, 0.3) is 0 Å². The molecule has 1 aliphatic heterocycles. The first-order valence-electron chi connectivity index (χ1n) is 6.45. The minimum absolute atomic E-state index is 0. The minimum atomic E-state index is -0.107. The molecule has 1 fully saturated rings. The maximum atomic E-state index is 11.7. The molecule has 0 aliphatic carbocycles. The van der Waals surface area contributed by atoms with Gasteiger partial charge in [-0.15, -0.1) is 12.4 Å². The van der Waals surface area contributed by atoms with Gasteiger partial charge in [-0.2, -0.15) is 0 Å². The monoisotopic (exact) mass is 277 g/mol. The van der Waals surface area contributed by atoms with Crippen LogP contribution in [0.15, 0.2) is 0 Å². The predicted molar refractivity (Wildman–Crippen MR) is 73.2 cm³/mol. The van der Waals surface area contributed by atoms with Crippen LogP contribution < -0.4 is 16.2 Å². The van der Waals surface area contributed by atoms with Gasteiger partial charge in [0.05, 0.1) is 5.92 Å². The first kappa shape index (κ1) is 17.2. The lowest BCUT2D eigenvalue weighted by atomic mass is 9.99. The number of carbonyl (C=O) groups excluding carboxylic acids is 2. The maximum Gasteiger partial charge on any atom is 0.242 e. The number of rotatable bonds is 4. The van der Waals surface area contributed by atoms with Gasteiger partial charge in [0.2, 0.25) is 11.8 Å². The molecule has 5 nitrogen and oxygen atoms in total. The van der Waals surface area contributed by atoms with Crippen LogP contribution in [0.5, 0.6) is 0 Å². The average Bonchev–Trinajstić information content (AvgIpc) is 2.36. The molecule has 1 saturated heterocycles. The number of halogens is 1. The fraction of sp³-hybridized carbons (Fsp3) is 0.833. The summed E-state index contributed by atoms with van der Waals surface area (Å²) in [5, 5.41) is 3.17. The zero-order valence-electron chi connectivity index (χ0n) is 11.1. The molecule has 6 heteroatoms. The van der Waals surface area contributed by atoms with E-state index in [9.17, 15) is 9.59 Å². The van der Waals surface area contributed by atoms with E-state index < -0.39 is 0 Å². The molecule has 0 radical (unpaired) electrons. The summed E-state index contributed by atoms with van der Waals surface area (Å²) in [6, 6.07) is 0. The number of hydrogen-bond acceptors (Lipinski definition) is 3. The third kappa shape index (κ3) is 5.69. The Balaban J connectivity index is 0.00000289. The molecule has 0 aromatic rings. The van der Waals surface area contributed by atoms with Gasteiger partial charge in [-0.3, -0.25) is 20.4 Å². The number of nitrogens with one attached hydrogen (secondary N) is 3. The van der Waals surface area contributed by atoms with Gasteiger partial charge in [0.1, 0.15) is 0 Å². The summed E-state index contributed by atoms with van der Waals surface area (Å²) in [7, 11) is 0. The van der Waals surface area contributed by atoms with Crippen molar-refractivity contribution in [3.05, 3.63) is 0 Å². The van der Waals surface area contributed by atoms with E-state index in [-0.39, 0.29) is 36.1 Å². The molecule has 0 saturated carbocycles. The van der Waals surface area contributed by atoms with Gasteiger partial charge in [0, 0.05) is 12.5 Å². The molecule has 2 amide bonds. The lowest BCUT2D eigenvalue weighted by molar-refractivity contribution is -0.133. The van der Waals surface area contributed by atoms with Crippen molar-refractivity contribution >= 4 is 24.2 Å². The number of hydrogen-bond donors (Lipinski definition) is 3. The Kier molecular flexibility index (Phi) is 8.75. The summed E-state index contributed by atoms with van der Waals surface area (Å²) in [6.07, 6.45) is 3.71. The van der Waals surface area contributed by atoms with E-state index in [0.717, 1.165) is 32.2 Å². The van der Waals surface area contributed by atoms with Crippen molar-refractivity contribution in [1.82, 2.24) is 16.2 Å². The van der Waals surface area contributed by atoms with Gasteiger partial charge in [-0.1, -0.05) is 20.3 Å². The van der Waals surface area contributed by atoms with E-state index in [4.69, 9.17) is 0 Å². The third-order valence-electron chi connectivity index (χ3n) is 3.15. The van der Waals surface area contributed by atoms with E-state index in [0.29, 0.717) is 6.54 Å². The number of hydrazine groups is 1. The highest BCUT2D eigenvalue weighted by atomic mass is 35.5. The first-order valence-corrected chi connectivity index (χ1v) is 6.45. The molecular formula is C12H24ClN3O2. The Morgan fingerprint density at radius 3 is 2.67 bits per heavy atom. The summed E-state index contributed by atoms with van der Waals surface area (Å²) in [6.45, 7) is 5.58. The van der Waals surface area contributed by atoms with Crippen molar-refractivity contribution < 1.29 is 9.59 Å². The van der Waals surface area contributed by atoms with Crippen LogP contribution in [0.3, 0.4) is 0 Å². The Morgan fingerprint density at radius 2 is 2.11 bits per heavy atom. The van der Waals surface area contributed by atoms with Crippen molar-refractivity contribution in [3.63, 3.8) is 0 Å². The topological polar surface area (TPSA) is 70.2 Å². The van der Waals surface area contributed by atoms with Crippen molar-refractivity contribution in [2.45, 2.75) is 39.5 Å². The summed E-state index contributed by atoms with van der Waals surface area (Å²) in [4.78, 5) is 23.3. The SMILES string of the molecule is CCCC(C)C(=O)NNC(=O)C1CCCNC1.Cl. The predicted octanol–water partition coefficient (Wildman–Crippen LogP) is 0.991. The van der Waals surface area contributed by atoms with Crippen LogP contribution in [0.25, 0.3) is 0 Å². The molecule has 0 bridgehead atoms. The molecule has 2 atom stereocenters. The molecule has 18 heavy (non-hydrogen) atoms. The standard InChI is InChI=1S/C12H23N3O2.ClH/c1-3-5-9(2)11(16)14-15-12(17)10-6-4-7-13-8-10;/h9-10,13H,3-8H2,1-2H3,(H,14,16)(H,15,17);1H. The summed E-state index contributed by atoms with van der Waals surface area (Å²) >= 11 is 0. The lowest BCUT2D eigenvalue weighted by Crippen LogP contribution is -2.49. The Hall–Kier alpha value is -0.810. The summed E-state index contributed by atoms with van der Waals surface area (Å²) in [5.41, 5.74) is 5.01. The Morgan fingerprint density at radius 1 is 1.39 bits per heavy atom. The molecule has 0 aromatic heterocycles. The van der Waals surface area contributed by atoms with Gasteiger partial charge in [-0.05, 0) is 25.8 Å². The second-order valence-electron chi connectivity index (χ2n) is 4.71. The van der Waals surface area contributed by atoms with Gasteiger partial charge < -0.3 is 5.32 Å². The zero-order valence-corrected chi connectivity index (χ0v) is 11.9. The van der Waals surface area contributed by atoms with Crippen LogP contribution in [0.4, 0.5) is 0 Å². The number of piperidine rings is 1. The molecule has 1 rings (SSSR count). The quantitative estimate of drug-likeness (QED) is 0.671. The molecule has 3 N–H and O–H groups in total. The van der Waals surface area contributed by atoms with E-state index in [1.54, 1.807) is 0 Å². The lowest BCUT2D eigenvalue weighted by Gasteiger charge is -2.22. The van der Waals surface area contributed by atoms with Crippen LogP contribution in [0.1, 0.15) is 39.5 Å². The van der Waals surface area contributed by atoms with Crippen molar-refractivity contribution in [1.29, 1.82) is 0 Å². The second kappa shape index (κ2) is 9.16. The van der Waals surface area contributed by atoms with Crippen LogP contribution in [0.2, 0.25) is 0 Å². The van der Waals surface area contributed by atoms with Crippen molar-refractivity contribution in [2.75, 3.05) is 13.1 Å². The fourth-order valence-electron chi connectivity index (χ4n) is 1.99. The van der Waals surface area contributed by atoms with Crippen LogP contribution in [-0.4, -0.2) is 24.9 Å². The minimum Gasteiger partial charge on any atom is -0.316 e. The van der Waals surface area contributed by atoms with Gasteiger partial charge in [-0.25, -0.2) is 0 Å². The van der Waals surface area contributed by atoms with Gasteiger partial charge in [0.15, 0.2) is 0 Å². The summed E-state index contributed by atoms with van der Waals surface area (Å²) < 4.78 is 0. The third-order valence-corrected chi connectivity index (χ3v) is 3.15. The summed E-state index contributed by atoms with van der Waals surface area (Å²) in [5.74, 6) is -0.270. The number of amides is 2. The van der Waals surface area contributed by atoms with Crippen molar-refractivity contribution in [3.8, 4) is 0 Å². The van der Waals surface area contributed by atoms with Crippen LogP contribution in [-0.2, 0) is 9.59 Å². The maximum absolute atomic E-state index is 11.7. The molecule has 1 aliphatic rings. The van der Waals surface area contributed by atoms with Crippen molar-refractivity contribution in [2.24, 2.45) is 11.8 Å². The normalized spacial score (nSPS) is 20.4. The molecular weight excluding hydrogens is 254 g/mol. The smallest absolute Gasteiger partial charge is 0.242 e. The molecule has 106 valence electrons. The van der Waals surface area contributed by atoms with E-state index in [1.165, 1.54) is 0 Å². The Labute approximate surface area is 115 Å². The first-order chi connectivity index (χ1) is 8.15. The van der Waals surface area contributed by atoms with Crippen LogP contribution in [0, 0.1) is 11.8 Å². The second-order valence-corrected chi connectivity index (χ2v) is 4.71. The molecule has 0 aromatic carbocycles. The van der Waals surface area contributed by atoms with E-state index in [2.05, 4.69) is 16.2 Å². The highest BCUT2D eigenvalue weighted by Gasteiger charge is 2.21. The Bertz CT molecular complexity index is 268. The van der Waals surface area contributed by atoms with Gasteiger partial charge >= 0.3 is 0 Å². The zero-order chi connectivity index (χ0) is 12.7. The highest BCUT2D eigenvalue weighted by molar-refractivity contribution is 5.85.